The maximum Gasteiger partial charge on any atom is 0.287 e. The Bertz CT molecular complexity index is 1410. The van der Waals surface area contributed by atoms with Crippen LogP contribution in [0, 0.1) is 0 Å². The van der Waals surface area contributed by atoms with Gasteiger partial charge in [-0.15, -0.1) is 0 Å². The molecular weight excluding hydrogens is 520 g/mol. The first-order valence-corrected chi connectivity index (χ1v) is 14.5. The van der Waals surface area contributed by atoms with Gasteiger partial charge in [-0.2, -0.15) is 5.10 Å². The van der Waals surface area contributed by atoms with Crippen LogP contribution < -0.4 is 15.2 Å². The Labute approximate surface area is 240 Å². The predicted molar refractivity (Wildman–Crippen MR) is 154 cm³/mol. The molecule has 1 aromatic heterocycles. The van der Waals surface area contributed by atoms with Crippen LogP contribution in [0.1, 0.15) is 70.2 Å². The molecule has 2 fully saturated rings. The molecule has 10 heteroatoms. The van der Waals surface area contributed by atoms with Crippen molar-refractivity contribution in [2.75, 3.05) is 40.4 Å². The van der Waals surface area contributed by atoms with E-state index in [9.17, 15) is 9.59 Å². The highest BCUT2D eigenvalue weighted by Crippen LogP contribution is 2.40. The summed E-state index contributed by atoms with van der Waals surface area (Å²) in [4.78, 5) is 29.4. The van der Waals surface area contributed by atoms with E-state index >= 15 is 0 Å². The number of likely N-dealkylation sites (tertiary alicyclic amines) is 1. The van der Waals surface area contributed by atoms with Gasteiger partial charge in [0, 0.05) is 30.3 Å². The van der Waals surface area contributed by atoms with Crippen LogP contribution in [0.5, 0.6) is 11.5 Å². The zero-order valence-electron chi connectivity index (χ0n) is 23.8. The average molecular weight is 559 g/mol. The first-order valence-electron chi connectivity index (χ1n) is 14.5. The Hall–Kier alpha value is -3.89. The second-order valence-electron chi connectivity index (χ2n) is 11.0. The third-order valence-electron chi connectivity index (χ3n) is 8.81. The summed E-state index contributed by atoms with van der Waals surface area (Å²) in [6, 6.07) is 15.8. The number of carbonyl (C=O) groups excluding carboxylic acids is 2. The molecule has 0 bridgehead atoms. The minimum absolute atomic E-state index is 0.0368. The van der Waals surface area contributed by atoms with Crippen molar-refractivity contribution in [2.24, 2.45) is 5.73 Å². The highest BCUT2D eigenvalue weighted by molar-refractivity contribution is 6.01. The summed E-state index contributed by atoms with van der Waals surface area (Å²) < 4.78 is 12.7. The van der Waals surface area contributed by atoms with Gasteiger partial charge in [-0.1, -0.05) is 24.6 Å². The van der Waals surface area contributed by atoms with Crippen molar-refractivity contribution < 1.29 is 19.1 Å². The van der Waals surface area contributed by atoms with Gasteiger partial charge in [-0.05, 0) is 75.5 Å². The highest BCUT2D eigenvalue weighted by Gasteiger charge is 2.42. The van der Waals surface area contributed by atoms with Gasteiger partial charge in [0.15, 0.2) is 5.69 Å². The van der Waals surface area contributed by atoms with E-state index < -0.39 is 5.91 Å². The van der Waals surface area contributed by atoms with Gasteiger partial charge in [0.25, 0.3) is 11.8 Å². The second-order valence-corrected chi connectivity index (χ2v) is 11.0. The van der Waals surface area contributed by atoms with Crippen LogP contribution in [0.25, 0.3) is 5.69 Å². The van der Waals surface area contributed by atoms with E-state index in [1.54, 1.807) is 18.9 Å². The smallest absolute Gasteiger partial charge is 0.287 e. The molecule has 0 saturated carbocycles. The fourth-order valence-electron chi connectivity index (χ4n) is 6.77. The number of nitrogens with two attached hydrogens (primary N) is 1. The average Bonchev–Trinajstić information content (AvgIpc) is 3.42. The van der Waals surface area contributed by atoms with Crippen molar-refractivity contribution in [3.05, 3.63) is 71.0 Å². The Morgan fingerprint density at radius 3 is 2.41 bits per heavy atom. The van der Waals surface area contributed by atoms with Gasteiger partial charge in [0.2, 0.25) is 0 Å². The lowest BCUT2D eigenvalue weighted by atomic mass is 9.90. The first-order chi connectivity index (χ1) is 20.0. The normalized spacial score (nSPS) is 21.9. The fourth-order valence-corrected chi connectivity index (χ4v) is 6.77. The van der Waals surface area contributed by atoms with Gasteiger partial charge >= 0.3 is 0 Å². The van der Waals surface area contributed by atoms with Gasteiger partial charge in [-0.3, -0.25) is 14.6 Å². The molecule has 3 aromatic rings. The summed E-state index contributed by atoms with van der Waals surface area (Å²) >= 11 is 0. The molecule has 4 heterocycles. The number of methoxy groups -OCH3 is 2. The summed E-state index contributed by atoms with van der Waals surface area (Å²) in [5, 5.41) is 8.61. The van der Waals surface area contributed by atoms with Crippen LogP contribution in [0.4, 0.5) is 0 Å². The molecule has 41 heavy (non-hydrogen) atoms. The molecule has 0 aliphatic carbocycles. The van der Waals surface area contributed by atoms with E-state index in [0.29, 0.717) is 41.7 Å². The summed E-state index contributed by atoms with van der Waals surface area (Å²) in [6.07, 6.45) is 6.15. The number of hydrogen-bond donors (Lipinski definition) is 1. The summed E-state index contributed by atoms with van der Waals surface area (Å²) in [6.45, 7) is 3.45. The first kappa shape index (κ1) is 27.3. The molecular formula is C31H38N6O4. The molecule has 0 radical (unpaired) electrons. The molecule has 2 aromatic carbocycles. The standard InChI is InChI=1S/C31H38N6O4/c1-40-23-12-10-21(11-13-23)37-29-25(28(33-37)30(32)38)15-19-36(31(29)39)35-18-14-22(34-16-6-3-7-17-34)20-26(35)24-8-4-5-9-27(24)41-2/h4-5,8-13,22,26H,3,6-7,14-20H2,1-2H3,(H2,32,38). The van der Waals surface area contributed by atoms with E-state index in [1.807, 2.05) is 47.5 Å². The van der Waals surface area contributed by atoms with E-state index in [0.717, 1.165) is 43.8 Å². The zero-order valence-corrected chi connectivity index (χ0v) is 23.8. The molecule has 10 nitrogen and oxygen atoms in total. The molecule has 216 valence electrons. The molecule has 0 spiro atoms. The van der Waals surface area contributed by atoms with Gasteiger partial charge in [0.05, 0.1) is 25.9 Å². The number of primary amides is 1. The van der Waals surface area contributed by atoms with Crippen LogP contribution in [-0.2, 0) is 6.42 Å². The molecule has 2 atom stereocenters. The number of carbonyl (C=O) groups is 2. The van der Waals surface area contributed by atoms with Crippen molar-refractivity contribution in [3.63, 3.8) is 0 Å². The van der Waals surface area contributed by atoms with E-state index in [4.69, 9.17) is 15.2 Å². The van der Waals surface area contributed by atoms with Crippen LogP contribution in [0.15, 0.2) is 48.5 Å². The van der Waals surface area contributed by atoms with Crippen LogP contribution in [0.3, 0.4) is 0 Å². The van der Waals surface area contributed by atoms with E-state index in [-0.39, 0.29) is 17.6 Å². The van der Waals surface area contributed by atoms with Crippen LogP contribution in [-0.4, -0.2) is 83.0 Å². The Balaban J connectivity index is 1.37. The lowest BCUT2D eigenvalue weighted by Crippen LogP contribution is -2.57. The number of fused-ring (bicyclic) bond motifs is 1. The van der Waals surface area contributed by atoms with Crippen molar-refractivity contribution >= 4 is 11.8 Å². The minimum Gasteiger partial charge on any atom is -0.497 e. The molecule has 2 saturated heterocycles. The monoisotopic (exact) mass is 558 g/mol. The van der Waals surface area contributed by atoms with Crippen LogP contribution in [0.2, 0.25) is 0 Å². The number of rotatable bonds is 7. The molecule has 6 rings (SSSR count). The molecule has 2 unspecified atom stereocenters. The maximum absolute atomic E-state index is 14.4. The number of hydrogen-bond acceptors (Lipinski definition) is 7. The van der Waals surface area contributed by atoms with Crippen LogP contribution >= 0.6 is 0 Å². The van der Waals surface area contributed by atoms with Gasteiger partial charge in [-0.25, -0.2) is 9.69 Å². The van der Waals surface area contributed by atoms with Gasteiger partial charge < -0.3 is 20.1 Å². The highest BCUT2D eigenvalue weighted by atomic mass is 16.5. The largest absolute Gasteiger partial charge is 0.497 e. The maximum atomic E-state index is 14.4. The molecule has 3 aliphatic rings. The second kappa shape index (κ2) is 11.5. The van der Waals surface area contributed by atoms with E-state index in [1.165, 1.54) is 19.3 Å². The lowest BCUT2D eigenvalue weighted by Gasteiger charge is -2.49. The Kier molecular flexibility index (Phi) is 7.68. The summed E-state index contributed by atoms with van der Waals surface area (Å²) in [5.41, 5.74) is 8.60. The molecule has 2 amide bonds. The van der Waals surface area contributed by atoms with Crippen molar-refractivity contribution in [2.45, 2.75) is 50.6 Å². The number of aromatic nitrogens is 2. The summed E-state index contributed by atoms with van der Waals surface area (Å²) in [7, 11) is 3.30. The number of hydrazine groups is 1. The predicted octanol–water partition coefficient (Wildman–Crippen LogP) is 3.59. The van der Waals surface area contributed by atoms with Gasteiger partial charge in [0.1, 0.15) is 17.2 Å². The number of para-hydroxylation sites is 1. The number of nitrogens with zero attached hydrogens (tertiary/aromatic N) is 5. The SMILES string of the molecule is COc1ccc(-n2nc(C(N)=O)c3c2C(=O)N(N2CCC(N4CCCCC4)CC2c2ccccc2OC)CC3)cc1. The quantitative estimate of drug-likeness (QED) is 0.472. The van der Waals surface area contributed by atoms with E-state index in [2.05, 4.69) is 21.1 Å². The third-order valence-corrected chi connectivity index (χ3v) is 8.81. The molecule has 3 aliphatic heterocycles. The fraction of sp³-hybridized carbons (Fsp3) is 0.452. The summed E-state index contributed by atoms with van der Waals surface area (Å²) in [5.74, 6) is 0.697. The third kappa shape index (κ3) is 5.06. The number of benzene rings is 2. The number of piperidine rings is 2. The van der Waals surface area contributed by atoms with Crippen molar-refractivity contribution in [1.29, 1.82) is 0 Å². The lowest BCUT2D eigenvalue weighted by molar-refractivity contribution is -0.0769. The Morgan fingerprint density at radius 1 is 0.951 bits per heavy atom. The van der Waals surface area contributed by atoms with Crippen molar-refractivity contribution in [1.82, 2.24) is 24.7 Å². The minimum atomic E-state index is -0.635. The topological polar surface area (TPSA) is 106 Å². The molecule has 2 N–H and O–H groups in total. The Morgan fingerprint density at radius 2 is 1.71 bits per heavy atom. The zero-order chi connectivity index (χ0) is 28.5. The van der Waals surface area contributed by atoms with Crippen molar-refractivity contribution in [3.8, 4) is 17.2 Å². The number of ether oxygens (including phenoxy) is 2. The number of amides is 2.